The Balaban J connectivity index is 1.31. The molecule has 1 amide bonds. The van der Waals surface area contributed by atoms with Gasteiger partial charge in [-0.25, -0.2) is 13.8 Å². The number of methoxy groups -OCH3 is 2. The summed E-state index contributed by atoms with van der Waals surface area (Å²) in [5, 5.41) is 2.82. The van der Waals surface area contributed by atoms with Gasteiger partial charge in [-0.2, -0.15) is 0 Å². The Bertz CT molecular complexity index is 1620. The number of nitrogens with two attached hydrogens (primary N) is 1. The van der Waals surface area contributed by atoms with Gasteiger partial charge in [-0.05, 0) is 18.6 Å². The second-order valence-electron chi connectivity index (χ2n) is 9.61. The first-order valence-corrected chi connectivity index (χ1v) is 13.5. The SMILES string of the molecule is COc1cc2c(Oc3cc(F)c(NC(=O)c4cnc(N)cc4OC)cc3F)ccnc2cc1OCCCN1CCOCC1. The number of nitrogen functional groups attached to an aromatic ring is 1. The minimum absolute atomic E-state index is 0.00510. The van der Waals surface area contributed by atoms with Gasteiger partial charge in [-0.1, -0.05) is 0 Å². The summed E-state index contributed by atoms with van der Waals surface area (Å²) in [5.41, 5.74) is 5.73. The zero-order valence-electron chi connectivity index (χ0n) is 23.7. The van der Waals surface area contributed by atoms with E-state index >= 15 is 8.78 Å². The van der Waals surface area contributed by atoms with Crippen molar-refractivity contribution < 1.29 is 37.3 Å². The Morgan fingerprint density at radius 3 is 2.53 bits per heavy atom. The minimum Gasteiger partial charge on any atom is -0.496 e. The fraction of sp³-hybridized carbons (Fsp3) is 0.300. The number of carbonyl (C=O) groups is 1. The van der Waals surface area contributed by atoms with Gasteiger partial charge in [0.1, 0.15) is 22.9 Å². The zero-order valence-corrected chi connectivity index (χ0v) is 23.7. The number of benzene rings is 2. The third-order valence-electron chi connectivity index (χ3n) is 6.81. The number of fused-ring (bicyclic) bond motifs is 1. The van der Waals surface area contributed by atoms with E-state index in [9.17, 15) is 4.79 Å². The number of ether oxygens (including phenoxy) is 5. The molecule has 0 aliphatic carbocycles. The number of rotatable bonds is 11. The molecule has 2 aromatic carbocycles. The lowest BCUT2D eigenvalue weighted by Crippen LogP contribution is -2.37. The van der Waals surface area contributed by atoms with Gasteiger partial charge in [0.25, 0.3) is 5.91 Å². The van der Waals surface area contributed by atoms with Gasteiger partial charge < -0.3 is 34.7 Å². The first-order chi connectivity index (χ1) is 20.9. The van der Waals surface area contributed by atoms with Crippen molar-refractivity contribution in [1.82, 2.24) is 14.9 Å². The monoisotopic (exact) mass is 595 g/mol. The lowest BCUT2D eigenvalue weighted by molar-refractivity contribution is 0.0357. The number of carbonyl (C=O) groups excluding carboxylic acids is 1. The van der Waals surface area contributed by atoms with Crippen LogP contribution in [-0.4, -0.2) is 74.4 Å². The largest absolute Gasteiger partial charge is 0.496 e. The molecule has 0 radical (unpaired) electrons. The first-order valence-electron chi connectivity index (χ1n) is 13.5. The molecule has 5 rings (SSSR count). The number of amides is 1. The molecular weight excluding hydrogens is 564 g/mol. The molecule has 1 saturated heterocycles. The molecule has 0 unspecified atom stereocenters. The van der Waals surface area contributed by atoms with E-state index in [2.05, 4.69) is 20.2 Å². The summed E-state index contributed by atoms with van der Waals surface area (Å²) in [6, 6.07) is 7.93. The number of pyridine rings is 2. The summed E-state index contributed by atoms with van der Waals surface area (Å²) in [5.74, 6) is -1.55. The van der Waals surface area contributed by atoms with Crippen LogP contribution in [0.15, 0.2) is 48.8 Å². The average Bonchev–Trinajstić information content (AvgIpc) is 3.01. The number of hydrogen-bond donors (Lipinski definition) is 2. The molecule has 0 spiro atoms. The van der Waals surface area contributed by atoms with Gasteiger partial charge in [0.2, 0.25) is 0 Å². The maximum atomic E-state index is 15.1. The van der Waals surface area contributed by atoms with Crippen molar-refractivity contribution in [3.05, 3.63) is 66.0 Å². The normalized spacial score (nSPS) is 13.5. The van der Waals surface area contributed by atoms with Crippen molar-refractivity contribution >= 4 is 28.3 Å². The number of hydrogen-bond acceptors (Lipinski definition) is 10. The van der Waals surface area contributed by atoms with Crippen molar-refractivity contribution in [2.45, 2.75) is 6.42 Å². The van der Waals surface area contributed by atoms with Crippen LogP contribution in [0.2, 0.25) is 0 Å². The van der Waals surface area contributed by atoms with E-state index < -0.39 is 29.0 Å². The number of aromatic nitrogens is 2. The molecule has 11 nitrogen and oxygen atoms in total. The van der Waals surface area contributed by atoms with Crippen LogP contribution in [0.4, 0.5) is 20.3 Å². The number of nitrogens with zero attached hydrogens (tertiary/aromatic N) is 3. The standard InChI is InChI=1S/C30H31F2N5O6/c1-39-25-16-29(33)35-17-19(25)30(38)36-23-13-21(32)26(14-20(23)31)43-24-4-5-34-22-15-28(27(40-2)12-18(22)24)42-9-3-6-37-7-10-41-11-8-37/h4-5,12-17H,3,6-11H2,1-2H3,(H2,33,35)(H,36,38). The van der Waals surface area contributed by atoms with Gasteiger partial charge >= 0.3 is 0 Å². The molecule has 226 valence electrons. The summed E-state index contributed by atoms with van der Waals surface area (Å²) in [6.45, 7) is 4.67. The van der Waals surface area contributed by atoms with Crippen LogP contribution >= 0.6 is 0 Å². The molecule has 43 heavy (non-hydrogen) atoms. The summed E-state index contributed by atoms with van der Waals surface area (Å²) in [7, 11) is 2.86. The second kappa shape index (κ2) is 13.5. The fourth-order valence-corrected chi connectivity index (χ4v) is 4.59. The molecule has 13 heteroatoms. The highest BCUT2D eigenvalue weighted by molar-refractivity contribution is 6.06. The molecule has 0 atom stereocenters. The molecule has 3 heterocycles. The van der Waals surface area contributed by atoms with Crippen molar-refractivity contribution in [3.8, 4) is 28.7 Å². The van der Waals surface area contributed by atoms with Gasteiger partial charge in [-0.15, -0.1) is 0 Å². The third-order valence-corrected chi connectivity index (χ3v) is 6.81. The third kappa shape index (κ3) is 7.01. The van der Waals surface area contributed by atoms with Crippen molar-refractivity contribution in [1.29, 1.82) is 0 Å². The van der Waals surface area contributed by atoms with Crippen LogP contribution in [-0.2, 0) is 4.74 Å². The Morgan fingerprint density at radius 2 is 1.77 bits per heavy atom. The Hall–Kier alpha value is -4.75. The highest BCUT2D eigenvalue weighted by Gasteiger charge is 2.19. The van der Waals surface area contributed by atoms with Gasteiger partial charge in [0, 0.05) is 61.7 Å². The van der Waals surface area contributed by atoms with Crippen LogP contribution in [0.1, 0.15) is 16.8 Å². The lowest BCUT2D eigenvalue weighted by atomic mass is 10.1. The molecule has 1 aliphatic rings. The summed E-state index contributed by atoms with van der Waals surface area (Å²) in [6.07, 6.45) is 3.49. The molecule has 1 fully saturated rings. The predicted molar refractivity (Wildman–Crippen MR) is 155 cm³/mol. The van der Waals surface area contributed by atoms with Crippen LogP contribution in [0.25, 0.3) is 10.9 Å². The van der Waals surface area contributed by atoms with E-state index in [1.165, 1.54) is 38.7 Å². The van der Waals surface area contributed by atoms with E-state index in [4.69, 9.17) is 29.4 Å². The second-order valence-corrected chi connectivity index (χ2v) is 9.61. The summed E-state index contributed by atoms with van der Waals surface area (Å²) in [4.78, 5) is 23.3. The molecule has 1 aliphatic heterocycles. The minimum atomic E-state index is -0.921. The summed E-state index contributed by atoms with van der Waals surface area (Å²) >= 11 is 0. The molecule has 0 saturated carbocycles. The molecule has 0 bridgehead atoms. The lowest BCUT2D eigenvalue weighted by Gasteiger charge is -2.26. The van der Waals surface area contributed by atoms with Crippen LogP contribution in [0, 0.1) is 11.6 Å². The van der Waals surface area contributed by atoms with E-state index in [0.717, 1.165) is 51.4 Å². The van der Waals surface area contributed by atoms with E-state index in [0.29, 0.717) is 29.0 Å². The van der Waals surface area contributed by atoms with Gasteiger partial charge in [0.05, 0.1) is 45.2 Å². The van der Waals surface area contributed by atoms with Crippen molar-refractivity contribution in [2.24, 2.45) is 0 Å². The molecule has 4 aromatic rings. The van der Waals surface area contributed by atoms with Crippen molar-refractivity contribution in [3.63, 3.8) is 0 Å². The molecular formula is C30H31F2N5O6. The van der Waals surface area contributed by atoms with Crippen molar-refractivity contribution in [2.75, 3.05) is 64.7 Å². The van der Waals surface area contributed by atoms with E-state index in [-0.39, 0.29) is 22.9 Å². The predicted octanol–water partition coefficient (Wildman–Crippen LogP) is 4.65. The molecule has 3 N–H and O–H groups in total. The topological polar surface area (TPSA) is 130 Å². The van der Waals surface area contributed by atoms with E-state index in [1.54, 1.807) is 12.1 Å². The molecule has 2 aromatic heterocycles. The van der Waals surface area contributed by atoms with Gasteiger partial charge in [-0.3, -0.25) is 14.7 Å². The highest BCUT2D eigenvalue weighted by Crippen LogP contribution is 2.38. The first kappa shape index (κ1) is 29.7. The Morgan fingerprint density at radius 1 is 0.977 bits per heavy atom. The van der Waals surface area contributed by atoms with Crippen LogP contribution < -0.4 is 30.0 Å². The van der Waals surface area contributed by atoms with Crippen LogP contribution in [0.5, 0.6) is 28.7 Å². The number of halogens is 2. The average molecular weight is 596 g/mol. The highest BCUT2D eigenvalue weighted by atomic mass is 19.1. The Kier molecular flexibility index (Phi) is 9.32. The summed E-state index contributed by atoms with van der Waals surface area (Å²) < 4.78 is 58.0. The fourth-order valence-electron chi connectivity index (χ4n) is 4.59. The number of nitrogens with one attached hydrogen (secondary N) is 1. The van der Waals surface area contributed by atoms with Gasteiger partial charge in [0.15, 0.2) is 28.9 Å². The number of morpholine rings is 1. The zero-order chi connectivity index (χ0) is 30.3. The maximum Gasteiger partial charge on any atom is 0.261 e. The number of anilines is 2. The smallest absolute Gasteiger partial charge is 0.261 e. The quantitative estimate of drug-likeness (QED) is 0.236. The Labute approximate surface area is 246 Å². The maximum absolute atomic E-state index is 15.1. The van der Waals surface area contributed by atoms with E-state index in [1.807, 2.05) is 0 Å². The van der Waals surface area contributed by atoms with Crippen LogP contribution in [0.3, 0.4) is 0 Å².